The molecule has 5 aromatic rings. The largest absolute Gasteiger partial charge is 0.446 e. The molecule has 1 fully saturated rings. The minimum absolute atomic E-state index is 0.0887. The molecule has 0 unspecified atom stereocenters. The molecule has 1 amide bonds. The molecular weight excluding hydrogens is 543 g/mol. The zero-order valence-electron chi connectivity index (χ0n) is 22.9. The molecular formula is C28H29FN8O3Si. The molecule has 4 aromatic heterocycles. The summed E-state index contributed by atoms with van der Waals surface area (Å²) in [5.41, 5.74) is 3.61. The minimum Gasteiger partial charge on any atom is -0.446 e. The maximum absolute atomic E-state index is 13.4. The van der Waals surface area contributed by atoms with Gasteiger partial charge in [0.2, 0.25) is 0 Å². The molecule has 0 radical (unpaired) electrons. The summed E-state index contributed by atoms with van der Waals surface area (Å²) in [5, 5.41) is 11.7. The number of benzene rings is 1. The zero-order chi connectivity index (χ0) is 28.6. The molecule has 5 heterocycles. The number of aromatic amines is 1. The maximum Gasteiger partial charge on any atom is 0.416 e. The number of H-pyrrole nitrogens is 1. The summed E-state index contributed by atoms with van der Waals surface area (Å²) < 4.78 is 26.1. The Labute approximate surface area is 236 Å². The fourth-order valence-electron chi connectivity index (χ4n) is 4.51. The first-order valence-corrected chi connectivity index (χ1v) is 17.0. The first kappa shape index (κ1) is 26.7. The Morgan fingerprint density at radius 1 is 1.07 bits per heavy atom. The van der Waals surface area contributed by atoms with Crippen LogP contribution < -0.4 is 4.90 Å². The lowest BCUT2D eigenvalue weighted by atomic mass is 10.1. The summed E-state index contributed by atoms with van der Waals surface area (Å²) in [5.74, 6) is 1.21. The molecule has 0 spiro atoms. The van der Waals surface area contributed by atoms with Crippen LogP contribution in [-0.4, -0.2) is 62.1 Å². The highest BCUT2D eigenvalue weighted by molar-refractivity contribution is 6.76. The number of amides is 1. The molecule has 210 valence electrons. The van der Waals surface area contributed by atoms with Gasteiger partial charge in [0.25, 0.3) is 0 Å². The minimum atomic E-state index is -1.14. The quantitative estimate of drug-likeness (QED) is 0.187. The Morgan fingerprint density at radius 3 is 2.63 bits per heavy atom. The van der Waals surface area contributed by atoms with Crippen molar-refractivity contribution in [3.8, 4) is 22.5 Å². The van der Waals surface area contributed by atoms with Crippen molar-refractivity contribution in [3.63, 3.8) is 0 Å². The van der Waals surface area contributed by atoms with Gasteiger partial charge in [-0.15, -0.1) is 0 Å². The maximum atomic E-state index is 13.4. The van der Waals surface area contributed by atoms with E-state index in [2.05, 4.69) is 44.9 Å². The normalized spacial score (nSPS) is 15.6. The van der Waals surface area contributed by atoms with Gasteiger partial charge < -0.3 is 9.47 Å². The van der Waals surface area contributed by atoms with Crippen LogP contribution in [0.3, 0.4) is 0 Å². The average Bonchev–Trinajstić information content (AvgIpc) is 3.69. The van der Waals surface area contributed by atoms with Crippen molar-refractivity contribution >= 4 is 25.6 Å². The number of carbonyl (C=O) groups excluding carboxylic acids is 1. The summed E-state index contributed by atoms with van der Waals surface area (Å²) >= 11 is 0. The topological polar surface area (TPSA) is 123 Å². The standard InChI is InChI=1S/C28H29FN8O3Si/c1-41(2,3)13-12-39-17-24-32-26(35-34-24)19-6-4-18(5-7-19)21-15-31-36-11-10-25(33-27(21)36)37-23(16-40-28(37)38)22-9-8-20(29)14-30-22/h4-11,14-15,23H,12-13,16-17H2,1-3H3,(H,32,34,35)/t23-/m1/s1. The predicted molar refractivity (Wildman–Crippen MR) is 152 cm³/mol. The summed E-state index contributed by atoms with van der Waals surface area (Å²) in [6.45, 7) is 8.17. The number of pyridine rings is 1. The highest BCUT2D eigenvalue weighted by Gasteiger charge is 2.37. The van der Waals surface area contributed by atoms with Crippen molar-refractivity contribution in [2.24, 2.45) is 0 Å². The van der Waals surface area contributed by atoms with Gasteiger partial charge in [-0.1, -0.05) is 43.9 Å². The summed E-state index contributed by atoms with van der Waals surface area (Å²) in [6.07, 6.45) is 4.03. The number of fused-ring (bicyclic) bond motifs is 1. The third kappa shape index (κ3) is 5.72. The molecule has 1 aliphatic heterocycles. The molecule has 41 heavy (non-hydrogen) atoms. The third-order valence-corrected chi connectivity index (χ3v) is 8.49. The number of nitrogens with one attached hydrogen (secondary N) is 1. The van der Waals surface area contributed by atoms with Crippen molar-refractivity contribution < 1.29 is 18.7 Å². The van der Waals surface area contributed by atoms with E-state index in [9.17, 15) is 9.18 Å². The Bertz CT molecular complexity index is 1680. The van der Waals surface area contributed by atoms with Crippen LogP contribution in [0, 0.1) is 5.82 Å². The van der Waals surface area contributed by atoms with E-state index in [0.717, 1.165) is 35.5 Å². The number of nitrogens with zero attached hydrogens (tertiary/aromatic N) is 7. The SMILES string of the molecule is C[Si](C)(C)CCOCc1nc(-c2ccc(-c3cnn4ccc(N5C(=O)OC[C@@H]5c5ccc(F)cn5)nc34)cc2)n[nH]1. The highest BCUT2D eigenvalue weighted by atomic mass is 28.3. The van der Waals surface area contributed by atoms with Crippen molar-refractivity contribution in [2.45, 2.75) is 38.3 Å². The summed E-state index contributed by atoms with van der Waals surface area (Å²) in [6, 6.07) is 12.9. The number of anilines is 1. The highest BCUT2D eigenvalue weighted by Crippen LogP contribution is 2.33. The van der Waals surface area contributed by atoms with E-state index in [1.807, 2.05) is 24.3 Å². The Balaban J connectivity index is 1.21. The van der Waals surface area contributed by atoms with Gasteiger partial charge in [0, 0.05) is 32.0 Å². The molecule has 0 aliphatic carbocycles. The van der Waals surface area contributed by atoms with Gasteiger partial charge in [-0.25, -0.2) is 28.6 Å². The second-order valence-electron chi connectivity index (χ2n) is 11.0. The van der Waals surface area contributed by atoms with Crippen LogP contribution in [0.5, 0.6) is 0 Å². The number of rotatable bonds is 9. The third-order valence-electron chi connectivity index (χ3n) is 6.79. The van der Waals surface area contributed by atoms with Crippen LogP contribution in [0.25, 0.3) is 28.2 Å². The van der Waals surface area contributed by atoms with Gasteiger partial charge in [-0.2, -0.15) is 10.2 Å². The Hall–Kier alpha value is -4.49. The molecule has 0 saturated carbocycles. The molecule has 1 aromatic carbocycles. The van der Waals surface area contributed by atoms with Crippen LogP contribution >= 0.6 is 0 Å². The Morgan fingerprint density at radius 2 is 1.88 bits per heavy atom. The number of carbonyl (C=O) groups is 1. The van der Waals surface area contributed by atoms with Gasteiger partial charge in [0.1, 0.15) is 30.9 Å². The van der Waals surface area contributed by atoms with E-state index >= 15 is 0 Å². The molecule has 1 aliphatic rings. The van der Waals surface area contributed by atoms with Crippen LogP contribution in [-0.2, 0) is 16.1 Å². The summed E-state index contributed by atoms with van der Waals surface area (Å²) in [7, 11) is -1.14. The van der Waals surface area contributed by atoms with Crippen molar-refractivity contribution in [2.75, 3.05) is 18.1 Å². The van der Waals surface area contributed by atoms with E-state index in [1.54, 1.807) is 23.0 Å². The fraction of sp³-hybridized carbons (Fsp3) is 0.286. The second kappa shape index (κ2) is 10.8. The van der Waals surface area contributed by atoms with Gasteiger partial charge in [0.15, 0.2) is 17.3 Å². The van der Waals surface area contributed by atoms with E-state index in [0.29, 0.717) is 35.4 Å². The van der Waals surface area contributed by atoms with Crippen molar-refractivity contribution in [1.82, 2.24) is 34.8 Å². The number of hydrogen-bond donors (Lipinski definition) is 1. The van der Waals surface area contributed by atoms with Crippen LogP contribution in [0.2, 0.25) is 25.7 Å². The van der Waals surface area contributed by atoms with E-state index in [-0.39, 0.29) is 6.61 Å². The van der Waals surface area contributed by atoms with Gasteiger partial charge in [0.05, 0.1) is 18.1 Å². The molecule has 1 N–H and O–H groups in total. The smallest absolute Gasteiger partial charge is 0.416 e. The first-order valence-electron chi connectivity index (χ1n) is 13.3. The monoisotopic (exact) mass is 572 g/mol. The van der Waals surface area contributed by atoms with E-state index in [4.69, 9.17) is 14.5 Å². The van der Waals surface area contributed by atoms with Crippen LogP contribution in [0.4, 0.5) is 15.0 Å². The lowest BCUT2D eigenvalue weighted by Gasteiger charge is -2.20. The number of hydrogen-bond acceptors (Lipinski definition) is 8. The second-order valence-corrected chi connectivity index (χ2v) is 16.6. The lowest BCUT2D eigenvalue weighted by molar-refractivity contribution is 0.127. The van der Waals surface area contributed by atoms with Crippen molar-refractivity contribution in [3.05, 3.63) is 78.4 Å². The zero-order valence-corrected chi connectivity index (χ0v) is 23.9. The first-order chi connectivity index (χ1) is 19.7. The number of aromatic nitrogens is 7. The molecule has 1 saturated heterocycles. The number of cyclic esters (lactones) is 1. The van der Waals surface area contributed by atoms with E-state index in [1.165, 1.54) is 17.0 Å². The Kier molecular flexibility index (Phi) is 7.05. The fourth-order valence-corrected chi connectivity index (χ4v) is 5.27. The van der Waals surface area contributed by atoms with Crippen LogP contribution in [0.15, 0.2) is 61.1 Å². The molecule has 6 rings (SSSR count). The summed E-state index contributed by atoms with van der Waals surface area (Å²) in [4.78, 5) is 27.6. The van der Waals surface area contributed by atoms with Crippen molar-refractivity contribution in [1.29, 1.82) is 0 Å². The molecule has 13 heteroatoms. The number of halogens is 1. The molecule has 1 atom stereocenters. The molecule has 11 nitrogen and oxygen atoms in total. The predicted octanol–water partition coefficient (Wildman–Crippen LogP) is 5.27. The van der Waals surface area contributed by atoms with Gasteiger partial charge >= 0.3 is 6.09 Å². The van der Waals surface area contributed by atoms with Gasteiger partial charge in [-0.05, 0) is 29.8 Å². The van der Waals surface area contributed by atoms with E-state index < -0.39 is 26.0 Å². The van der Waals surface area contributed by atoms with Gasteiger partial charge in [-0.3, -0.25) is 10.1 Å². The lowest BCUT2D eigenvalue weighted by Crippen LogP contribution is -2.28. The molecule has 0 bridgehead atoms. The number of ether oxygens (including phenoxy) is 2. The average molecular weight is 573 g/mol. The van der Waals surface area contributed by atoms with Crippen LogP contribution in [0.1, 0.15) is 17.6 Å².